The van der Waals surface area contributed by atoms with Crippen LogP contribution in [0.15, 0.2) is 18.2 Å². The first kappa shape index (κ1) is 12.3. The topological polar surface area (TPSA) is 35.2 Å². The van der Waals surface area contributed by atoms with Crippen LogP contribution in [0.3, 0.4) is 0 Å². The summed E-state index contributed by atoms with van der Waals surface area (Å²) in [5.41, 5.74) is 6.55. The summed E-state index contributed by atoms with van der Waals surface area (Å²) in [6.45, 7) is 1.43. The molecule has 0 saturated carbocycles. The van der Waals surface area contributed by atoms with Crippen LogP contribution in [0, 0.1) is 0 Å². The van der Waals surface area contributed by atoms with Crippen LogP contribution in [0.2, 0.25) is 5.02 Å². The van der Waals surface area contributed by atoms with Crippen molar-refractivity contribution in [3.8, 4) is 5.75 Å². The number of ether oxygens (including phenoxy) is 1. The van der Waals surface area contributed by atoms with Crippen molar-refractivity contribution in [2.24, 2.45) is 5.73 Å². The molecule has 1 aromatic rings. The third-order valence-corrected chi connectivity index (χ3v) is 2.29. The van der Waals surface area contributed by atoms with E-state index < -0.39 is 6.67 Å². The van der Waals surface area contributed by atoms with Crippen molar-refractivity contribution >= 4 is 11.6 Å². The number of alkyl halides is 1. The molecule has 0 amide bonds. The van der Waals surface area contributed by atoms with E-state index in [1.807, 2.05) is 6.92 Å². The molecule has 1 atom stereocenters. The van der Waals surface area contributed by atoms with Crippen LogP contribution in [-0.2, 0) is 6.42 Å². The van der Waals surface area contributed by atoms with Gasteiger partial charge in [-0.15, -0.1) is 0 Å². The van der Waals surface area contributed by atoms with E-state index in [9.17, 15) is 4.39 Å². The molecule has 0 aliphatic carbocycles. The minimum Gasteiger partial charge on any atom is -0.491 e. The Morgan fingerprint density at radius 3 is 2.87 bits per heavy atom. The van der Waals surface area contributed by atoms with Crippen LogP contribution < -0.4 is 10.5 Å². The maximum absolute atomic E-state index is 12.0. The molecule has 0 heterocycles. The molecule has 84 valence electrons. The highest BCUT2D eigenvalue weighted by Gasteiger charge is 2.09. The number of hydrogen-bond acceptors (Lipinski definition) is 2. The lowest BCUT2D eigenvalue weighted by atomic mass is 10.1. The molecule has 1 rings (SSSR count). The predicted octanol–water partition coefficient (Wildman–Crippen LogP) is 2.58. The van der Waals surface area contributed by atoms with Crippen LogP contribution in [0.4, 0.5) is 4.39 Å². The molecule has 0 aliphatic rings. The largest absolute Gasteiger partial charge is 0.491 e. The summed E-state index contributed by atoms with van der Waals surface area (Å²) in [7, 11) is 0. The van der Waals surface area contributed by atoms with Crippen molar-refractivity contribution in [1.29, 1.82) is 0 Å². The van der Waals surface area contributed by atoms with E-state index in [2.05, 4.69) is 0 Å². The molecule has 2 nitrogen and oxygen atoms in total. The molecule has 15 heavy (non-hydrogen) atoms. The summed E-state index contributed by atoms with van der Waals surface area (Å²) in [6, 6.07) is 5.33. The Kier molecular flexibility index (Phi) is 4.85. The number of rotatable bonds is 5. The van der Waals surface area contributed by atoms with E-state index >= 15 is 0 Å². The zero-order valence-corrected chi connectivity index (χ0v) is 9.43. The quantitative estimate of drug-likeness (QED) is 0.846. The van der Waals surface area contributed by atoms with Gasteiger partial charge in [0, 0.05) is 16.6 Å². The summed E-state index contributed by atoms with van der Waals surface area (Å²) in [5.74, 6) is 0.623. The van der Waals surface area contributed by atoms with Crippen LogP contribution in [0.5, 0.6) is 5.75 Å². The molecule has 0 bridgehead atoms. The van der Waals surface area contributed by atoms with Gasteiger partial charge < -0.3 is 10.5 Å². The molecular weight excluding hydrogens is 217 g/mol. The average molecular weight is 232 g/mol. The monoisotopic (exact) mass is 231 g/mol. The first-order chi connectivity index (χ1) is 7.15. The molecule has 4 heteroatoms. The molecule has 0 spiro atoms. The maximum atomic E-state index is 12.0. The van der Waals surface area contributed by atoms with Gasteiger partial charge in [-0.05, 0) is 25.5 Å². The smallest absolute Gasteiger partial charge is 0.124 e. The molecule has 0 radical (unpaired) electrons. The van der Waals surface area contributed by atoms with Gasteiger partial charge in [-0.2, -0.15) is 0 Å². The van der Waals surface area contributed by atoms with Gasteiger partial charge in [0.05, 0.1) is 0 Å². The summed E-state index contributed by atoms with van der Waals surface area (Å²) < 4.78 is 17.2. The minimum absolute atomic E-state index is 0.00220. The minimum atomic E-state index is -0.510. The fourth-order valence-corrected chi connectivity index (χ4v) is 1.59. The Labute approximate surface area is 94.2 Å². The lowest BCUT2D eigenvalue weighted by molar-refractivity contribution is 0.271. The van der Waals surface area contributed by atoms with Gasteiger partial charge in [0.15, 0.2) is 0 Å². The lowest BCUT2D eigenvalue weighted by Gasteiger charge is -2.13. The molecule has 1 aromatic carbocycles. The second-order valence-corrected chi connectivity index (χ2v) is 3.84. The molecule has 0 fully saturated rings. The number of hydrogen-bond donors (Lipinski definition) is 1. The van der Waals surface area contributed by atoms with Gasteiger partial charge >= 0.3 is 0 Å². The molecular formula is C11H15ClFNO. The SMILES string of the molecule is CC(N)Cc1c(Cl)cccc1OCCF. The van der Waals surface area contributed by atoms with Crippen LogP contribution >= 0.6 is 11.6 Å². The van der Waals surface area contributed by atoms with E-state index in [4.69, 9.17) is 22.1 Å². The van der Waals surface area contributed by atoms with Crippen LogP contribution in [-0.4, -0.2) is 19.3 Å². The van der Waals surface area contributed by atoms with Crippen molar-refractivity contribution in [1.82, 2.24) is 0 Å². The third kappa shape index (κ3) is 3.68. The highest BCUT2D eigenvalue weighted by atomic mass is 35.5. The molecule has 0 saturated heterocycles. The second-order valence-electron chi connectivity index (χ2n) is 3.44. The third-order valence-electron chi connectivity index (χ3n) is 1.94. The average Bonchev–Trinajstić information content (AvgIpc) is 2.18. The van der Waals surface area contributed by atoms with Crippen LogP contribution in [0.25, 0.3) is 0 Å². The Morgan fingerprint density at radius 2 is 2.27 bits per heavy atom. The number of benzene rings is 1. The van der Waals surface area contributed by atoms with E-state index in [1.165, 1.54) is 0 Å². The van der Waals surface area contributed by atoms with E-state index in [-0.39, 0.29) is 12.6 Å². The Balaban J connectivity index is 2.87. The highest BCUT2D eigenvalue weighted by molar-refractivity contribution is 6.31. The van der Waals surface area contributed by atoms with Gasteiger partial charge in [0.25, 0.3) is 0 Å². The number of halogens is 2. The van der Waals surface area contributed by atoms with Gasteiger partial charge in [0.2, 0.25) is 0 Å². The Hall–Kier alpha value is -0.800. The Morgan fingerprint density at radius 1 is 1.53 bits per heavy atom. The summed E-state index contributed by atoms with van der Waals surface area (Å²) >= 11 is 6.02. The summed E-state index contributed by atoms with van der Waals surface area (Å²) in [6.07, 6.45) is 0.626. The fraction of sp³-hybridized carbons (Fsp3) is 0.455. The molecule has 2 N–H and O–H groups in total. The van der Waals surface area contributed by atoms with E-state index in [0.29, 0.717) is 17.2 Å². The predicted molar refractivity (Wildman–Crippen MR) is 60.3 cm³/mol. The Bertz CT molecular complexity index is 317. The van der Waals surface area contributed by atoms with Crippen molar-refractivity contribution in [2.45, 2.75) is 19.4 Å². The van der Waals surface area contributed by atoms with Crippen molar-refractivity contribution < 1.29 is 9.13 Å². The zero-order chi connectivity index (χ0) is 11.3. The van der Waals surface area contributed by atoms with Gasteiger partial charge in [0.1, 0.15) is 19.0 Å². The van der Waals surface area contributed by atoms with E-state index in [0.717, 1.165) is 5.56 Å². The van der Waals surface area contributed by atoms with Crippen molar-refractivity contribution in [3.05, 3.63) is 28.8 Å². The van der Waals surface area contributed by atoms with Crippen molar-refractivity contribution in [2.75, 3.05) is 13.3 Å². The molecule has 1 unspecified atom stereocenters. The van der Waals surface area contributed by atoms with E-state index in [1.54, 1.807) is 18.2 Å². The first-order valence-electron chi connectivity index (χ1n) is 4.87. The van der Waals surface area contributed by atoms with Gasteiger partial charge in [-0.1, -0.05) is 17.7 Å². The first-order valence-corrected chi connectivity index (χ1v) is 5.24. The molecule has 0 aliphatic heterocycles. The standard InChI is InChI=1S/C11H15ClFNO/c1-8(14)7-9-10(12)3-2-4-11(9)15-6-5-13/h2-4,8H,5-7,14H2,1H3. The normalized spacial score (nSPS) is 12.5. The van der Waals surface area contributed by atoms with Gasteiger partial charge in [-0.3, -0.25) is 0 Å². The second kappa shape index (κ2) is 5.93. The summed E-state index contributed by atoms with van der Waals surface area (Å²) in [5, 5.41) is 0.614. The fourth-order valence-electron chi connectivity index (χ4n) is 1.34. The summed E-state index contributed by atoms with van der Waals surface area (Å²) in [4.78, 5) is 0. The van der Waals surface area contributed by atoms with Gasteiger partial charge in [-0.25, -0.2) is 4.39 Å². The lowest BCUT2D eigenvalue weighted by Crippen LogP contribution is -2.18. The van der Waals surface area contributed by atoms with Crippen molar-refractivity contribution in [3.63, 3.8) is 0 Å². The molecule has 0 aromatic heterocycles. The highest BCUT2D eigenvalue weighted by Crippen LogP contribution is 2.27. The number of nitrogens with two attached hydrogens (primary N) is 1. The maximum Gasteiger partial charge on any atom is 0.124 e. The van der Waals surface area contributed by atoms with Crippen LogP contribution in [0.1, 0.15) is 12.5 Å². The zero-order valence-electron chi connectivity index (χ0n) is 8.67.